The molecule has 0 amide bonds. The Kier molecular flexibility index (Phi) is 5.81. The summed E-state index contributed by atoms with van der Waals surface area (Å²) in [5, 5.41) is 7.76. The highest BCUT2D eigenvalue weighted by Gasteiger charge is 2.20. The highest BCUT2D eigenvalue weighted by molar-refractivity contribution is 7.09. The van der Waals surface area contributed by atoms with Crippen molar-refractivity contribution in [1.29, 1.82) is 0 Å². The number of benzene rings is 1. The fourth-order valence-electron chi connectivity index (χ4n) is 1.88. The quantitative estimate of drug-likeness (QED) is 0.810. The van der Waals surface area contributed by atoms with Crippen molar-refractivity contribution in [2.75, 3.05) is 20.3 Å². The van der Waals surface area contributed by atoms with Crippen LogP contribution < -0.4 is 5.32 Å². The van der Waals surface area contributed by atoms with Gasteiger partial charge in [0.05, 0.1) is 12.6 Å². The van der Waals surface area contributed by atoms with Gasteiger partial charge in [-0.1, -0.05) is 23.2 Å². The summed E-state index contributed by atoms with van der Waals surface area (Å²) in [4.78, 5) is 4.55. The van der Waals surface area contributed by atoms with E-state index in [1.165, 1.54) is 0 Å². The van der Waals surface area contributed by atoms with Crippen LogP contribution in [0.1, 0.15) is 22.3 Å². The van der Waals surface area contributed by atoms with Gasteiger partial charge in [-0.15, -0.1) is 11.3 Å². The lowest BCUT2D eigenvalue weighted by molar-refractivity contribution is 0.197. The van der Waals surface area contributed by atoms with Crippen LogP contribution in [0.2, 0.25) is 10.0 Å². The molecule has 0 saturated heterocycles. The van der Waals surface area contributed by atoms with E-state index < -0.39 is 0 Å². The van der Waals surface area contributed by atoms with Gasteiger partial charge in [0.15, 0.2) is 0 Å². The summed E-state index contributed by atoms with van der Waals surface area (Å²) in [7, 11) is 1.68. The lowest BCUT2D eigenvalue weighted by atomic mass is 10.1. The number of ether oxygens (including phenoxy) is 1. The molecule has 1 atom stereocenters. The van der Waals surface area contributed by atoms with Gasteiger partial charge in [0.25, 0.3) is 0 Å². The molecule has 1 unspecified atom stereocenters. The van der Waals surface area contributed by atoms with E-state index in [-0.39, 0.29) is 6.04 Å². The summed E-state index contributed by atoms with van der Waals surface area (Å²) in [6.07, 6.45) is 0. The number of nitrogens with zero attached hydrogens (tertiary/aromatic N) is 1. The third kappa shape index (κ3) is 3.93. The van der Waals surface area contributed by atoms with Crippen molar-refractivity contribution in [3.8, 4) is 0 Å². The van der Waals surface area contributed by atoms with Crippen molar-refractivity contribution < 1.29 is 4.74 Å². The van der Waals surface area contributed by atoms with Crippen LogP contribution in [-0.2, 0) is 4.74 Å². The van der Waals surface area contributed by atoms with Crippen LogP contribution in [0.4, 0.5) is 0 Å². The van der Waals surface area contributed by atoms with Crippen molar-refractivity contribution >= 4 is 34.5 Å². The van der Waals surface area contributed by atoms with E-state index in [2.05, 4.69) is 10.3 Å². The molecule has 0 aliphatic carbocycles. The summed E-state index contributed by atoms with van der Waals surface area (Å²) < 4.78 is 5.08. The van der Waals surface area contributed by atoms with Crippen LogP contribution >= 0.6 is 34.5 Å². The molecule has 1 N–H and O–H groups in total. The van der Waals surface area contributed by atoms with E-state index >= 15 is 0 Å². The van der Waals surface area contributed by atoms with Crippen LogP contribution in [0.15, 0.2) is 23.6 Å². The highest BCUT2D eigenvalue weighted by Crippen LogP contribution is 2.32. The molecule has 20 heavy (non-hydrogen) atoms. The molecule has 0 fully saturated rings. The first-order chi connectivity index (χ1) is 9.61. The van der Waals surface area contributed by atoms with Crippen molar-refractivity contribution in [3.05, 3.63) is 49.9 Å². The molecule has 0 radical (unpaired) electrons. The van der Waals surface area contributed by atoms with Gasteiger partial charge < -0.3 is 10.1 Å². The van der Waals surface area contributed by atoms with Crippen molar-refractivity contribution in [3.63, 3.8) is 0 Å². The molecule has 1 aromatic heterocycles. The molecule has 0 spiro atoms. The molecule has 108 valence electrons. The Morgan fingerprint density at radius 1 is 1.40 bits per heavy atom. The van der Waals surface area contributed by atoms with Crippen LogP contribution in [0.3, 0.4) is 0 Å². The van der Waals surface area contributed by atoms with Gasteiger partial charge in [-0.2, -0.15) is 0 Å². The lowest BCUT2D eigenvalue weighted by Gasteiger charge is -2.18. The van der Waals surface area contributed by atoms with E-state index in [0.29, 0.717) is 23.2 Å². The van der Waals surface area contributed by atoms with Gasteiger partial charge >= 0.3 is 0 Å². The van der Waals surface area contributed by atoms with E-state index in [0.717, 1.165) is 16.3 Å². The van der Waals surface area contributed by atoms with Gasteiger partial charge in [-0.25, -0.2) is 4.98 Å². The van der Waals surface area contributed by atoms with Crippen molar-refractivity contribution in [2.45, 2.75) is 13.0 Å². The molecule has 0 aliphatic heterocycles. The number of rotatable bonds is 6. The van der Waals surface area contributed by atoms with E-state index in [9.17, 15) is 0 Å². The molecule has 0 aliphatic rings. The second kappa shape index (κ2) is 7.38. The normalized spacial score (nSPS) is 12.6. The number of nitrogens with one attached hydrogen (secondary N) is 1. The number of halogens is 2. The Labute approximate surface area is 132 Å². The minimum Gasteiger partial charge on any atom is -0.383 e. The third-order valence-electron chi connectivity index (χ3n) is 2.81. The SMILES string of the molecule is COCCNC(c1nc(C)cs1)c1cc(Cl)ccc1Cl. The molecular formula is C14H16Cl2N2OS. The molecule has 1 aromatic carbocycles. The molecule has 6 heteroatoms. The predicted octanol–water partition coefficient (Wildman–Crippen LogP) is 4.08. The highest BCUT2D eigenvalue weighted by atomic mass is 35.5. The maximum Gasteiger partial charge on any atom is 0.114 e. The molecule has 0 saturated carbocycles. The monoisotopic (exact) mass is 330 g/mol. The number of aromatic nitrogens is 1. The fourth-order valence-corrected chi connectivity index (χ4v) is 3.17. The third-order valence-corrected chi connectivity index (χ3v) is 4.41. The first-order valence-electron chi connectivity index (χ1n) is 6.21. The van der Waals surface area contributed by atoms with Crippen LogP contribution in [0.25, 0.3) is 0 Å². The van der Waals surface area contributed by atoms with Gasteiger partial charge in [-0.05, 0) is 30.7 Å². The largest absolute Gasteiger partial charge is 0.383 e. The Hall–Kier alpha value is -0.650. The van der Waals surface area contributed by atoms with Crippen LogP contribution in [0.5, 0.6) is 0 Å². The lowest BCUT2D eigenvalue weighted by Crippen LogP contribution is -2.26. The molecule has 2 rings (SSSR count). The average Bonchev–Trinajstić information content (AvgIpc) is 2.84. The minimum atomic E-state index is -0.0740. The summed E-state index contributed by atoms with van der Waals surface area (Å²) in [5.41, 5.74) is 1.94. The van der Waals surface area contributed by atoms with Gasteiger partial charge in [0.2, 0.25) is 0 Å². The van der Waals surface area contributed by atoms with Crippen molar-refractivity contribution in [2.24, 2.45) is 0 Å². The van der Waals surface area contributed by atoms with Crippen LogP contribution in [0, 0.1) is 6.92 Å². The zero-order chi connectivity index (χ0) is 14.5. The smallest absolute Gasteiger partial charge is 0.114 e. The van der Waals surface area contributed by atoms with E-state index in [1.54, 1.807) is 24.5 Å². The summed E-state index contributed by atoms with van der Waals surface area (Å²) >= 11 is 14.0. The second-order valence-electron chi connectivity index (χ2n) is 4.37. The molecule has 2 aromatic rings. The minimum absolute atomic E-state index is 0.0740. The molecule has 0 bridgehead atoms. The molecule has 1 heterocycles. The maximum absolute atomic E-state index is 6.31. The summed E-state index contributed by atoms with van der Waals surface area (Å²) in [5.74, 6) is 0. The Balaban J connectivity index is 2.32. The average molecular weight is 331 g/mol. The number of thiazole rings is 1. The van der Waals surface area contributed by atoms with Gasteiger partial charge in [0.1, 0.15) is 5.01 Å². The molecular weight excluding hydrogens is 315 g/mol. The van der Waals surface area contributed by atoms with Gasteiger partial charge in [-0.3, -0.25) is 0 Å². The first-order valence-corrected chi connectivity index (χ1v) is 7.84. The van der Waals surface area contributed by atoms with Crippen LogP contribution in [-0.4, -0.2) is 25.2 Å². The number of hydrogen-bond acceptors (Lipinski definition) is 4. The number of methoxy groups -OCH3 is 1. The predicted molar refractivity (Wildman–Crippen MR) is 85.0 cm³/mol. The fraction of sp³-hybridized carbons (Fsp3) is 0.357. The Morgan fingerprint density at radius 3 is 2.85 bits per heavy atom. The van der Waals surface area contributed by atoms with Crippen molar-refractivity contribution in [1.82, 2.24) is 10.3 Å². The number of aryl methyl sites for hydroxylation is 1. The Bertz CT molecular complexity index is 574. The topological polar surface area (TPSA) is 34.1 Å². The Morgan fingerprint density at radius 2 is 2.20 bits per heavy atom. The maximum atomic E-state index is 6.31. The summed E-state index contributed by atoms with van der Waals surface area (Å²) in [6.45, 7) is 3.31. The number of hydrogen-bond donors (Lipinski definition) is 1. The van der Waals surface area contributed by atoms with Gasteiger partial charge in [0, 0.05) is 34.8 Å². The zero-order valence-corrected chi connectivity index (χ0v) is 13.6. The standard InChI is InChI=1S/C14H16Cl2N2OS/c1-9-8-20-14(18-9)13(17-5-6-19-2)11-7-10(15)3-4-12(11)16/h3-4,7-8,13,17H,5-6H2,1-2H3. The van der Waals surface area contributed by atoms with E-state index in [1.807, 2.05) is 24.4 Å². The second-order valence-corrected chi connectivity index (χ2v) is 6.11. The first kappa shape index (κ1) is 15.7. The molecule has 3 nitrogen and oxygen atoms in total. The zero-order valence-electron chi connectivity index (χ0n) is 11.3. The summed E-state index contributed by atoms with van der Waals surface area (Å²) in [6, 6.07) is 5.40. The van der Waals surface area contributed by atoms with E-state index in [4.69, 9.17) is 27.9 Å².